The molecule has 2 rings (SSSR count). The lowest BCUT2D eigenvalue weighted by Gasteiger charge is -2.40. The summed E-state index contributed by atoms with van der Waals surface area (Å²) < 4.78 is 5.68. The predicted molar refractivity (Wildman–Crippen MR) is 69.5 cm³/mol. The van der Waals surface area contributed by atoms with Gasteiger partial charge in [-0.2, -0.15) is 0 Å². The Morgan fingerprint density at radius 1 is 1.39 bits per heavy atom. The van der Waals surface area contributed by atoms with Crippen LogP contribution in [0.25, 0.3) is 0 Å². The molecule has 2 aliphatic rings. The quantitative estimate of drug-likeness (QED) is 0.544. The number of aliphatic hydroxyl groups is 3. The third-order valence-corrected chi connectivity index (χ3v) is 4.36. The van der Waals surface area contributed by atoms with Gasteiger partial charge in [0.15, 0.2) is 5.17 Å². The maximum atomic E-state index is 10.1. The van der Waals surface area contributed by atoms with Gasteiger partial charge in [0.05, 0.1) is 12.1 Å². The summed E-state index contributed by atoms with van der Waals surface area (Å²) in [7, 11) is 0. The van der Waals surface area contributed by atoms with E-state index in [1.165, 1.54) is 11.8 Å². The molecule has 7 heteroatoms. The summed E-state index contributed by atoms with van der Waals surface area (Å²) in [4.78, 5) is 4.23. The van der Waals surface area contributed by atoms with Crippen molar-refractivity contribution >= 4 is 16.9 Å². The molecule has 0 aromatic carbocycles. The van der Waals surface area contributed by atoms with Gasteiger partial charge in [0.1, 0.15) is 23.7 Å². The monoisotopic (exact) mass is 276 g/mol. The zero-order valence-electron chi connectivity index (χ0n) is 10.5. The Bertz CT molecular complexity index is 328. The second-order valence-electron chi connectivity index (χ2n) is 4.49. The molecule has 0 spiro atoms. The van der Waals surface area contributed by atoms with Crippen molar-refractivity contribution in [3.05, 3.63) is 0 Å². The zero-order chi connectivity index (χ0) is 13.3. The zero-order valence-corrected chi connectivity index (χ0v) is 11.3. The number of thioether (sulfide) groups is 1. The van der Waals surface area contributed by atoms with Gasteiger partial charge in [0, 0.05) is 6.54 Å². The largest absolute Gasteiger partial charge is 0.390 e. The van der Waals surface area contributed by atoms with Crippen molar-refractivity contribution in [1.29, 1.82) is 0 Å². The van der Waals surface area contributed by atoms with Crippen molar-refractivity contribution in [1.82, 2.24) is 5.32 Å². The number of aliphatic hydroxyl groups excluding tert-OH is 3. The Balaban J connectivity index is 2.11. The van der Waals surface area contributed by atoms with Gasteiger partial charge in [-0.05, 0) is 13.3 Å². The summed E-state index contributed by atoms with van der Waals surface area (Å²) in [5.41, 5.74) is -0.320. The third-order valence-electron chi connectivity index (χ3n) is 3.26. The highest BCUT2D eigenvalue weighted by Gasteiger charge is 2.50. The molecule has 6 nitrogen and oxygen atoms in total. The fraction of sp³-hybridized carbons (Fsp3) is 0.909. The Labute approximate surface area is 110 Å². The van der Waals surface area contributed by atoms with Crippen LogP contribution in [0.4, 0.5) is 0 Å². The molecule has 0 bridgehead atoms. The van der Waals surface area contributed by atoms with Crippen molar-refractivity contribution in [2.45, 2.75) is 56.2 Å². The second-order valence-corrected chi connectivity index (χ2v) is 5.58. The molecule has 0 aromatic heterocycles. The molecule has 0 radical (unpaired) electrons. The number of hydrogen-bond acceptors (Lipinski definition) is 6. The van der Waals surface area contributed by atoms with Crippen LogP contribution < -0.4 is 5.32 Å². The molecule has 6 unspecified atom stereocenters. The van der Waals surface area contributed by atoms with E-state index < -0.39 is 24.4 Å². The number of amidine groups is 1. The number of hydrogen-bond donors (Lipinski definition) is 4. The van der Waals surface area contributed by atoms with E-state index in [1.807, 2.05) is 13.8 Å². The smallest absolute Gasteiger partial charge is 0.159 e. The van der Waals surface area contributed by atoms with Gasteiger partial charge < -0.3 is 25.4 Å². The van der Waals surface area contributed by atoms with Crippen LogP contribution in [0.15, 0.2) is 4.99 Å². The van der Waals surface area contributed by atoms with E-state index in [0.717, 1.165) is 0 Å². The van der Waals surface area contributed by atoms with Crippen LogP contribution >= 0.6 is 11.8 Å². The van der Waals surface area contributed by atoms with Gasteiger partial charge in [0.25, 0.3) is 0 Å². The van der Waals surface area contributed by atoms with Gasteiger partial charge in [-0.15, -0.1) is 0 Å². The van der Waals surface area contributed by atoms with Crippen molar-refractivity contribution in [3.8, 4) is 0 Å². The first-order valence-electron chi connectivity index (χ1n) is 6.25. The average molecular weight is 276 g/mol. The van der Waals surface area contributed by atoms with Gasteiger partial charge in [-0.25, -0.2) is 0 Å². The number of nitrogens with zero attached hydrogens (tertiary/aromatic N) is 1. The first kappa shape index (κ1) is 14.1. The number of ether oxygens (including phenoxy) is 1. The maximum absolute atomic E-state index is 10.1. The number of aliphatic imine (C=N–C) groups is 1. The first-order valence-corrected chi connectivity index (χ1v) is 7.13. The molecule has 0 aliphatic carbocycles. The van der Waals surface area contributed by atoms with Crippen LogP contribution in [0.3, 0.4) is 0 Å². The van der Waals surface area contributed by atoms with Crippen LogP contribution in [0.1, 0.15) is 20.3 Å². The minimum atomic E-state index is -1.09. The molecule has 2 aliphatic heterocycles. The van der Waals surface area contributed by atoms with E-state index >= 15 is 0 Å². The third kappa shape index (κ3) is 2.50. The fourth-order valence-corrected chi connectivity index (χ4v) is 3.39. The highest BCUT2D eigenvalue weighted by molar-refractivity contribution is 8.14. The lowest BCUT2D eigenvalue weighted by molar-refractivity contribution is -0.187. The Hall–Kier alpha value is -0.340. The summed E-state index contributed by atoms with van der Waals surface area (Å²) in [5.74, 6) is 0. The summed E-state index contributed by atoms with van der Waals surface area (Å²) in [6, 6.07) is -0.379. The van der Waals surface area contributed by atoms with E-state index in [0.29, 0.717) is 18.1 Å². The number of fused-ring (bicyclic) bond motifs is 1. The Kier molecular flexibility index (Phi) is 4.50. The SMILES string of the molecule is CCN=C1NC2C(OC(C(O)CC)C(O)C2O)S1. The Morgan fingerprint density at radius 3 is 2.72 bits per heavy atom. The molecule has 6 atom stereocenters. The van der Waals surface area contributed by atoms with Crippen LogP contribution in [0.5, 0.6) is 0 Å². The molecule has 2 fully saturated rings. The van der Waals surface area contributed by atoms with Crippen molar-refractivity contribution in [2.24, 2.45) is 4.99 Å². The highest BCUT2D eigenvalue weighted by Crippen LogP contribution is 2.35. The topological polar surface area (TPSA) is 94.3 Å². The number of rotatable bonds is 3. The minimum Gasteiger partial charge on any atom is -0.390 e. The van der Waals surface area contributed by atoms with Crippen molar-refractivity contribution in [3.63, 3.8) is 0 Å². The van der Waals surface area contributed by atoms with Gasteiger partial charge in [-0.3, -0.25) is 4.99 Å². The number of nitrogens with one attached hydrogen (secondary N) is 1. The maximum Gasteiger partial charge on any atom is 0.159 e. The molecule has 0 aromatic rings. The first-order chi connectivity index (χ1) is 8.58. The molecule has 2 heterocycles. The van der Waals surface area contributed by atoms with Crippen molar-refractivity contribution < 1.29 is 20.1 Å². The molecular weight excluding hydrogens is 256 g/mol. The van der Waals surface area contributed by atoms with E-state index in [-0.39, 0.29) is 11.5 Å². The van der Waals surface area contributed by atoms with Crippen LogP contribution in [-0.4, -0.2) is 62.9 Å². The molecule has 4 N–H and O–H groups in total. The van der Waals surface area contributed by atoms with Crippen LogP contribution in [0, 0.1) is 0 Å². The molecule has 0 saturated carbocycles. The lowest BCUT2D eigenvalue weighted by Crippen LogP contribution is -2.61. The van der Waals surface area contributed by atoms with E-state index in [2.05, 4.69) is 10.3 Å². The summed E-state index contributed by atoms with van der Waals surface area (Å²) in [6.07, 6.45) is -3.10. The summed E-state index contributed by atoms with van der Waals surface area (Å²) in [5, 5.41) is 33.6. The fourth-order valence-electron chi connectivity index (χ4n) is 2.21. The average Bonchev–Trinajstić information content (AvgIpc) is 2.76. The minimum absolute atomic E-state index is 0.320. The van der Waals surface area contributed by atoms with Crippen molar-refractivity contribution in [2.75, 3.05) is 6.54 Å². The van der Waals surface area contributed by atoms with E-state index in [1.54, 1.807) is 0 Å². The standard InChI is InChI=1S/C11H20N2O4S/c1-3-5(14)9-8(16)7(15)6-10(17-9)18-11(13-6)12-4-2/h5-10,14-16H,3-4H2,1-2H3,(H,12,13). The highest BCUT2D eigenvalue weighted by atomic mass is 32.2. The van der Waals surface area contributed by atoms with Crippen LogP contribution in [0.2, 0.25) is 0 Å². The van der Waals surface area contributed by atoms with Gasteiger partial charge in [-0.1, -0.05) is 18.7 Å². The lowest BCUT2D eigenvalue weighted by atomic mass is 9.94. The molecular formula is C11H20N2O4S. The van der Waals surface area contributed by atoms with E-state index in [9.17, 15) is 15.3 Å². The Morgan fingerprint density at radius 2 is 2.11 bits per heavy atom. The normalized spacial score (nSPS) is 43.6. The van der Waals surface area contributed by atoms with Gasteiger partial charge in [0.2, 0.25) is 0 Å². The molecule has 104 valence electrons. The second kappa shape index (κ2) is 5.75. The molecule has 0 amide bonds. The predicted octanol–water partition coefficient (Wildman–Crippen LogP) is -0.715. The molecule has 18 heavy (non-hydrogen) atoms. The molecule has 2 saturated heterocycles. The summed E-state index contributed by atoms with van der Waals surface area (Å²) >= 11 is 1.39. The van der Waals surface area contributed by atoms with E-state index in [4.69, 9.17) is 4.74 Å². The van der Waals surface area contributed by atoms with Gasteiger partial charge >= 0.3 is 0 Å². The van der Waals surface area contributed by atoms with Crippen LogP contribution in [-0.2, 0) is 4.74 Å². The summed E-state index contributed by atoms with van der Waals surface area (Å²) in [6.45, 7) is 4.38.